The van der Waals surface area contributed by atoms with Crippen molar-refractivity contribution in [3.05, 3.63) is 85.1 Å². The first-order valence-corrected chi connectivity index (χ1v) is 23.0. The van der Waals surface area contributed by atoms with Crippen molar-refractivity contribution in [1.82, 2.24) is 0 Å². The maximum absolute atomic E-state index is 12.6. The van der Waals surface area contributed by atoms with Gasteiger partial charge in [-0.2, -0.15) is 0 Å². The van der Waals surface area contributed by atoms with Crippen LogP contribution in [-0.2, 0) is 32.7 Å². The van der Waals surface area contributed by atoms with E-state index in [2.05, 4.69) is 103 Å². The summed E-state index contributed by atoms with van der Waals surface area (Å²) in [7, 11) is -4.63. The van der Waals surface area contributed by atoms with Crippen LogP contribution in [0.4, 0.5) is 0 Å². The Kier molecular flexibility index (Phi) is 39.2. The van der Waals surface area contributed by atoms with Crippen LogP contribution in [0, 0.1) is 0 Å². The molecule has 0 aromatic heterocycles. The van der Waals surface area contributed by atoms with Crippen LogP contribution >= 0.6 is 7.82 Å². The van der Waals surface area contributed by atoms with Gasteiger partial charge in [-0.05, 0) is 89.9 Å². The molecule has 0 aromatic carbocycles. The predicted octanol–water partition coefficient (Wildman–Crippen LogP) is 11.4. The van der Waals surface area contributed by atoms with Gasteiger partial charge >= 0.3 is 19.8 Å². The largest absolute Gasteiger partial charge is 0.472 e. The molecule has 3 atom stereocenters. The number of aliphatic hydroxyl groups is 2. The number of carbonyl (C=O) groups is 2. The van der Waals surface area contributed by atoms with E-state index in [-0.39, 0.29) is 19.4 Å². The van der Waals surface area contributed by atoms with Crippen LogP contribution in [0.25, 0.3) is 0 Å². The minimum absolute atomic E-state index is 0.156. The lowest BCUT2D eigenvalue weighted by Gasteiger charge is -2.20. The molecule has 0 saturated heterocycles. The smallest absolute Gasteiger partial charge is 0.462 e. The number of phosphoric ester groups is 1. The molecule has 0 aliphatic heterocycles. The van der Waals surface area contributed by atoms with Gasteiger partial charge in [-0.3, -0.25) is 18.6 Å². The summed E-state index contributed by atoms with van der Waals surface area (Å²) in [5.41, 5.74) is 0. The number of ether oxygens (including phenoxy) is 2. The number of hydrogen-bond donors (Lipinski definition) is 3. The molecule has 10 nitrogen and oxygen atoms in total. The predicted molar refractivity (Wildman–Crippen MR) is 233 cm³/mol. The molecule has 0 fully saturated rings. The zero-order valence-corrected chi connectivity index (χ0v) is 36.2. The Morgan fingerprint density at radius 1 is 0.544 bits per heavy atom. The zero-order chi connectivity index (χ0) is 41.9. The molecule has 0 amide bonds. The van der Waals surface area contributed by atoms with Crippen molar-refractivity contribution in [2.24, 2.45) is 0 Å². The Morgan fingerprint density at radius 3 is 1.47 bits per heavy atom. The van der Waals surface area contributed by atoms with Gasteiger partial charge in [-0.25, -0.2) is 4.57 Å². The van der Waals surface area contributed by atoms with Crippen molar-refractivity contribution in [2.45, 2.75) is 167 Å². The molecule has 0 aromatic rings. The van der Waals surface area contributed by atoms with Crippen LogP contribution in [0.15, 0.2) is 85.1 Å². The molecule has 0 aliphatic carbocycles. The normalized spacial score (nSPS) is 14.7. The summed E-state index contributed by atoms with van der Waals surface area (Å²) in [6.45, 7) is 2.16. The van der Waals surface area contributed by atoms with E-state index < -0.39 is 51.8 Å². The lowest BCUT2D eigenvalue weighted by Crippen LogP contribution is -2.29. The van der Waals surface area contributed by atoms with Gasteiger partial charge in [0, 0.05) is 12.8 Å². The van der Waals surface area contributed by atoms with Crippen molar-refractivity contribution < 1.29 is 47.8 Å². The van der Waals surface area contributed by atoms with E-state index in [4.69, 9.17) is 19.1 Å². The van der Waals surface area contributed by atoms with Crippen LogP contribution in [-0.4, -0.2) is 65.7 Å². The molecule has 0 radical (unpaired) electrons. The molecule has 57 heavy (non-hydrogen) atoms. The second-order valence-electron chi connectivity index (χ2n) is 14.0. The topological polar surface area (TPSA) is 149 Å². The second-order valence-corrected chi connectivity index (χ2v) is 15.4. The number of aliphatic hydroxyl groups excluding tert-OH is 2. The third-order valence-corrected chi connectivity index (χ3v) is 9.48. The molecule has 0 heterocycles. The average molecular weight is 821 g/mol. The Labute approximate surface area is 345 Å². The van der Waals surface area contributed by atoms with E-state index in [9.17, 15) is 24.2 Å². The van der Waals surface area contributed by atoms with Crippen LogP contribution in [0.3, 0.4) is 0 Å². The number of carbonyl (C=O) groups excluding carboxylic acids is 2. The summed E-state index contributed by atoms with van der Waals surface area (Å²) in [6, 6.07) is 0. The third-order valence-electron chi connectivity index (χ3n) is 8.53. The van der Waals surface area contributed by atoms with Crippen molar-refractivity contribution in [3.8, 4) is 0 Å². The van der Waals surface area contributed by atoms with E-state index in [1.54, 1.807) is 0 Å². The number of rotatable bonds is 39. The van der Waals surface area contributed by atoms with E-state index >= 15 is 0 Å². The summed E-state index contributed by atoms with van der Waals surface area (Å²) >= 11 is 0. The molecular formula is C46H77O10P. The van der Waals surface area contributed by atoms with Gasteiger partial charge in [0.15, 0.2) is 6.10 Å². The quantitative estimate of drug-likeness (QED) is 0.0237. The number of hydrogen-bond acceptors (Lipinski definition) is 9. The Bertz CT molecular complexity index is 1220. The van der Waals surface area contributed by atoms with Crippen LogP contribution < -0.4 is 0 Å². The highest BCUT2D eigenvalue weighted by Crippen LogP contribution is 2.43. The third kappa shape index (κ3) is 41.1. The maximum Gasteiger partial charge on any atom is 0.472 e. The molecule has 0 aliphatic rings. The van der Waals surface area contributed by atoms with Crippen molar-refractivity contribution in [1.29, 1.82) is 0 Å². The van der Waals surface area contributed by atoms with Crippen molar-refractivity contribution in [2.75, 3.05) is 26.4 Å². The first-order valence-electron chi connectivity index (χ1n) is 21.5. The van der Waals surface area contributed by atoms with E-state index in [1.165, 1.54) is 19.3 Å². The highest BCUT2D eigenvalue weighted by atomic mass is 31.2. The highest BCUT2D eigenvalue weighted by Gasteiger charge is 2.27. The molecule has 1 unspecified atom stereocenters. The number of phosphoric acid groups is 1. The summed E-state index contributed by atoms with van der Waals surface area (Å²) in [4.78, 5) is 35.0. The standard InChI is InChI=1S/C46H77O10P/c1-3-5-7-9-11-13-15-17-19-20-21-22-24-25-27-29-31-33-35-37-45(49)53-41-44(42-55-57(51,52)54-40-43(48)39-47)56-46(50)38-36-34-32-30-28-26-23-18-16-14-12-10-8-6-4-2/h5,7,11-14,17-19,21-23,25,27,43-44,47-48H,3-4,6,8-10,15-16,20,24,26,28-42H2,1-2H3,(H,51,52)/b7-5+,13-11+,14-12+,19-17+,22-21+,23-18+,27-25+/t43-,44+/m0/s1. The molecule has 0 spiro atoms. The Balaban J connectivity index is 4.40. The maximum atomic E-state index is 12.6. The van der Waals surface area contributed by atoms with Crippen LogP contribution in [0.1, 0.15) is 155 Å². The summed E-state index contributed by atoms with van der Waals surface area (Å²) in [6.07, 6.45) is 48.3. The van der Waals surface area contributed by atoms with Gasteiger partial charge in [0.05, 0.1) is 19.8 Å². The molecule has 0 rings (SSSR count). The molecule has 0 saturated carbocycles. The molecule has 0 bridgehead atoms. The first-order chi connectivity index (χ1) is 27.7. The van der Waals surface area contributed by atoms with Gasteiger partial charge in [-0.1, -0.05) is 137 Å². The van der Waals surface area contributed by atoms with Gasteiger partial charge in [0.2, 0.25) is 0 Å². The Hall–Kier alpha value is -2.85. The van der Waals surface area contributed by atoms with Gasteiger partial charge in [0.1, 0.15) is 12.7 Å². The number of unbranched alkanes of at least 4 members (excludes halogenated alkanes) is 11. The minimum atomic E-state index is -4.63. The molecule has 326 valence electrons. The van der Waals surface area contributed by atoms with Crippen molar-refractivity contribution >= 4 is 19.8 Å². The fourth-order valence-electron chi connectivity index (χ4n) is 5.22. The molecule has 3 N–H and O–H groups in total. The van der Waals surface area contributed by atoms with Gasteiger partial charge < -0.3 is 24.6 Å². The fourth-order valence-corrected chi connectivity index (χ4v) is 6.01. The highest BCUT2D eigenvalue weighted by molar-refractivity contribution is 7.47. The Morgan fingerprint density at radius 2 is 0.965 bits per heavy atom. The lowest BCUT2D eigenvalue weighted by atomic mass is 10.1. The fraction of sp³-hybridized carbons (Fsp3) is 0.652. The zero-order valence-electron chi connectivity index (χ0n) is 35.3. The summed E-state index contributed by atoms with van der Waals surface area (Å²) < 4.78 is 32.7. The average Bonchev–Trinajstić information content (AvgIpc) is 3.20. The monoisotopic (exact) mass is 821 g/mol. The van der Waals surface area contributed by atoms with Crippen LogP contribution in [0.2, 0.25) is 0 Å². The first kappa shape index (κ1) is 54.2. The van der Waals surface area contributed by atoms with Gasteiger partial charge in [0.25, 0.3) is 0 Å². The summed E-state index contributed by atoms with van der Waals surface area (Å²) in [5.74, 6) is -0.987. The van der Waals surface area contributed by atoms with Crippen molar-refractivity contribution in [3.63, 3.8) is 0 Å². The lowest BCUT2D eigenvalue weighted by molar-refractivity contribution is -0.161. The van der Waals surface area contributed by atoms with E-state index in [0.717, 1.165) is 96.3 Å². The summed E-state index contributed by atoms with van der Waals surface area (Å²) in [5, 5.41) is 18.3. The number of allylic oxidation sites excluding steroid dienone is 14. The SMILES string of the molecule is CC/C=C/C/C=C/C/C=C/C/C=C/C/C=C/CCCCCC(=O)OC[C@H](COP(=O)(O)OC[C@@H](O)CO)OC(=O)CCCCCCC/C=C/C/C=C/CCCCC. The van der Waals surface area contributed by atoms with E-state index in [1.807, 2.05) is 0 Å². The van der Waals surface area contributed by atoms with Crippen LogP contribution in [0.5, 0.6) is 0 Å². The van der Waals surface area contributed by atoms with Gasteiger partial charge in [-0.15, -0.1) is 0 Å². The number of esters is 2. The second kappa shape index (κ2) is 41.3. The van der Waals surface area contributed by atoms with E-state index in [0.29, 0.717) is 12.8 Å². The molecule has 11 heteroatoms. The minimum Gasteiger partial charge on any atom is -0.462 e. The molecular weight excluding hydrogens is 743 g/mol.